The fourth-order valence-corrected chi connectivity index (χ4v) is 2.00. The molecule has 0 fully saturated rings. The number of benzene rings is 1. The standard InChI is InChI=1S/C15H19FN4/c1-3-17-14-9-15(20-10-19-14)18-7-6-12-4-5-13(16)8-11(12)2/h4-5,8-10H,3,6-7H2,1-2H3,(H2,17,18,19,20). The predicted octanol–water partition coefficient (Wildman–Crippen LogP) is 3.01. The van der Waals surface area contributed by atoms with Gasteiger partial charge in [-0.1, -0.05) is 6.07 Å². The summed E-state index contributed by atoms with van der Waals surface area (Å²) >= 11 is 0. The molecule has 0 aliphatic carbocycles. The lowest BCUT2D eigenvalue weighted by Crippen LogP contribution is -2.08. The number of aromatic nitrogens is 2. The highest BCUT2D eigenvalue weighted by Crippen LogP contribution is 2.12. The van der Waals surface area contributed by atoms with Crippen LogP contribution in [0.15, 0.2) is 30.6 Å². The van der Waals surface area contributed by atoms with Crippen molar-refractivity contribution < 1.29 is 4.39 Å². The Kier molecular flexibility index (Phi) is 4.87. The molecule has 0 radical (unpaired) electrons. The van der Waals surface area contributed by atoms with Gasteiger partial charge in [0.05, 0.1) is 0 Å². The average molecular weight is 274 g/mol. The van der Waals surface area contributed by atoms with Crippen LogP contribution in [0.25, 0.3) is 0 Å². The first kappa shape index (κ1) is 14.2. The number of aryl methyl sites for hydroxylation is 1. The van der Waals surface area contributed by atoms with E-state index in [2.05, 4.69) is 20.6 Å². The molecule has 1 aromatic carbocycles. The Labute approximate surface area is 118 Å². The van der Waals surface area contributed by atoms with E-state index in [4.69, 9.17) is 0 Å². The summed E-state index contributed by atoms with van der Waals surface area (Å²) < 4.78 is 13.0. The second-order valence-corrected chi connectivity index (χ2v) is 4.57. The minimum absolute atomic E-state index is 0.190. The minimum Gasteiger partial charge on any atom is -0.370 e. The first-order valence-electron chi connectivity index (χ1n) is 6.74. The number of rotatable bonds is 6. The highest BCUT2D eigenvalue weighted by Gasteiger charge is 2.01. The molecule has 0 aliphatic rings. The molecule has 5 heteroatoms. The molecule has 0 saturated heterocycles. The van der Waals surface area contributed by atoms with Gasteiger partial charge < -0.3 is 10.6 Å². The molecule has 20 heavy (non-hydrogen) atoms. The number of anilines is 2. The molecule has 1 heterocycles. The molecule has 0 amide bonds. The van der Waals surface area contributed by atoms with Crippen molar-refractivity contribution in [3.8, 4) is 0 Å². The maximum Gasteiger partial charge on any atom is 0.131 e. The van der Waals surface area contributed by atoms with Crippen LogP contribution in [0.5, 0.6) is 0 Å². The van der Waals surface area contributed by atoms with Crippen LogP contribution < -0.4 is 10.6 Å². The Morgan fingerprint density at radius 2 is 1.85 bits per heavy atom. The number of nitrogens with zero attached hydrogens (tertiary/aromatic N) is 2. The van der Waals surface area contributed by atoms with E-state index in [-0.39, 0.29) is 5.82 Å². The van der Waals surface area contributed by atoms with Crippen LogP contribution in [0.2, 0.25) is 0 Å². The number of hydrogen-bond donors (Lipinski definition) is 2. The average Bonchev–Trinajstić information content (AvgIpc) is 2.42. The second kappa shape index (κ2) is 6.84. The van der Waals surface area contributed by atoms with Crippen LogP contribution >= 0.6 is 0 Å². The molecular weight excluding hydrogens is 255 g/mol. The first-order chi connectivity index (χ1) is 9.69. The number of nitrogens with one attached hydrogen (secondary N) is 2. The van der Waals surface area contributed by atoms with Gasteiger partial charge in [0.1, 0.15) is 23.8 Å². The Morgan fingerprint density at radius 1 is 1.10 bits per heavy atom. The largest absolute Gasteiger partial charge is 0.370 e. The van der Waals surface area contributed by atoms with Crippen molar-refractivity contribution in [1.82, 2.24) is 9.97 Å². The lowest BCUT2D eigenvalue weighted by atomic mass is 10.1. The summed E-state index contributed by atoms with van der Waals surface area (Å²) in [6, 6.07) is 6.76. The SMILES string of the molecule is CCNc1cc(NCCc2ccc(F)cc2C)ncn1. The Balaban J connectivity index is 1.90. The van der Waals surface area contributed by atoms with E-state index < -0.39 is 0 Å². The Bertz CT molecular complexity index is 572. The first-order valence-corrected chi connectivity index (χ1v) is 6.74. The van der Waals surface area contributed by atoms with E-state index in [0.717, 1.165) is 42.3 Å². The van der Waals surface area contributed by atoms with E-state index in [0.29, 0.717) is 0 Å². The molecule has 0 saturated carbocycles. The Hall–Kier alpha value is -2.17. The molecule has 106 valence electrons. The van der Waals surface area contributed by atoms with Gasteiger partial charge in [-0.3, -0.25) is 0 Å². The normalized spacial score (nSPS) is 10.3. The summed E-state index contributed by atoms with van der Waals surface area (Å²) in [6.45, 7) is 5.51. The van der Waals surface area contributed by atoms with Crippen LogP contribution in [0.3, 0.4) is 0 Å². The predicted molar refractivity (Wildman–Crippen MR) is 79.5 cm³/mol. The molecule has 0 spiro atoms. The third-order valence-electron chi connectivity index (χ3n) is 3.03. The van der Waals surface area contributed by atoms with Crippen molar-refractivity contribution in [2.75, 3.05) is 23.7 Å². The monoisotopic (exact) mass is 274 g/mol. The quantitative estimate of drug-likeness (QED) is 0.850. The van der Waals surface area contributed by atoms with Gasteiger partial charge in [-0.2, -0.15) is 0 Å². The smallest absolute Gasteiger partial charge is 0.131 e. The van der Waals surface area contributed by atoms with Gasteiger partial charge in [0.2, 0.25) is 0 Å². The lowest BCUT2D eigenvalue weighted by molar-refractivity contribution is 0.625. The molecule has 0 bridgehead atoms. The van der Waals surface area contributed by atoms with Crippen molar-refractivity contribution in [3.63, 3.8) is 0 Å². The van der Waals surface area contributed by atoms with Crippen molar-refractivity contribution in [2.24, 2.45) is 0 Å². The zero-order valence-electron chi connectivity index (χ0n) is 11.8. The molecular formula is C15H19FN4. The van der Waals surface area contributed by atoms with Gasteiger partial charge in [-0.15, -0.1) is 0 Å². The van der Waals surface area contributed by atoms with Crippen LogP contribution in [-0.4, -0.2) is 23.1 Å². The van der Waals surface area contributed by atoms with Crippen molar-refractivity contribution in [2.45, 2.75) is 20.3 Å². The number of hydrogen-bond acceptors (Lipinski definition) is 4. The van der Waals surface area contributed by atoms with Crippen LogP contribution in [-0.2, 0) is 6.42 Å². The minimum atomic E-state index is -0.190. The second-order valence-electron chi connectivity index (χ2n) is 4.57. The number of halogens is 1. The zero-order chi connectivity index (χ0) is 14.4. The van der Waals surface area contributed by atoms with Gasteiger partial charge >= 0.3 is 0 Å². The molecule has 0 atom stereocenters. The van der Waals surface area contributed by atoms with Crippen LogP contribution in [0, 0.1) is 12.7 Å². The fraction of sp³-hybridized carbons (Fsp3) is 0.333. The van der Waals surface area contributed by atoms with Crippen molar-refractivity contribution in [3.05, 3.63) is 47.5 Å². The molecule has 2 N–H and O–H groups in total. The van der Waals surface area contributed by atoms with E-state index in [1.54, 1.807) is 6.07 Å². The van der Waals surface area contributed by atoms with Crippen LogP contribution in [0.1, 0.15) is 18.1 Å². The van der Waals surface area contributed by atoms with Gasteiger partial charge in [0, 0.05) is 19.2 Å². The van der Waals surface area contributed by atoms with Gasteiger partial charge in [-0.05, 0) is 43.5 Å². The molecule has 0 unspecified atom stereocenters. The summed E-state index contributed by atoms with van der Waals surface area (Å²) in [5.74, 6) is 1.41. The third kappa shape index (κ3) is 3.91. The highest BCUT2D eigenvalue weighted by molar-refractivity contribution is 5.46. The molecule has 2 rings (SSSR count). The van der Waals surface area contributed by atoms with Crippen LogP contribution in [0.4, 0.5) is 16.0 Å². The fourth-order valence-electron chi connectivity index (χ4n) is 2.00. The maximum atomic E-state index is 13.0. The van der Waals surface area contributed by atoms with Gasteiger partial charge in [0.15, 0.2) is 0 Å². The summed E-state index contributed by atoms with van der Waals surface area (Å²) in [6.07, 6.45) is 2.36. The highest BCUT2D eigenvalue weighted by atomic mass is 19.1. The topological polar surface area (TPSA) is 49.8 Å². The molecule has 0 aliphatic heterocycles. The zero-order valence-corrected chi connectivity index (χ0v) is 11.8. The molecule has 1 aromatic heterocycles. The van der Waals surface area contributed by atoms with E-state index in [1.807, 2.05) is 26.0 Å². The summed E-state index contributed by atoms with van der Waals surface area (Å²) in [5.41, 5.74) is 2.11. The van der Waals surface area contributed by atoms with E-state index >= 15 is 0 Å². The van der Waals surface area contributed by atoms with E-state index in [9.17, 15) is 4.39 Å². The Morgan fingerprint density at radius 3 is 2.55 bits per heavy atom. The van der Waals surface area contributed by atoms with Crippen molar-refractivity contribution in [1.29, 1.82) is 0 Å². The lowest BCUT2D eigenvalue weighted by Gasteiger charge is -2.09. The summed E-state index contributed by atoms with van der Waals surface area (Å²) in [7, 11) is 0. The third-order valence-corrected chi connectivity index (χ3v) is 3.03. The van der Waals surface area contributed by atoms with Gasteiger partial charge in [-0.25, -0.2) is 14.4 Å². The molecule has 2 aromatic rings. The van der Waals surface area contributed by atoms with Crippen molar-refractivity contribution >= 4 is 11.6 Å². The van der Waals surface area contributed by atoms with E-state index in [1.165, 1.54) is 12.4 Å². The molecule has 4 nitrogen and oxygen atoms in total. The van der Waals surface area contributed by atoms with Gasteiger partial charge in [0.25, 0.3) is 0 Å². The summed E-state index contributed by atoms with van der Waals surface area (Å²) in [5, 5.41) is 6.39. The maximum absolute atomic E-state index is 13.0. The summed E-state index contributed by atoms with van der Waals surface area (Å²) in [4.78, 5) is 8.28.